The highest BCUT2D eigenvalue weighted by atomic mass is 16.6. The number of ether oxygens (including phenoxy) is 2. The molecule has 1 heterocycles. The number of carbonyl (C=O) groups excluding carboxylic acids is 1. The van der Waals surface area contributed by atoms with E-state index in [1.165, 1.54) is 43.4 Å². The lowest BCUT2D eigenvalue weighted by molar-refractivity contribution is -0.0661. The first-order valence-electron chi connectivity index (χ1n) is 10.6. The van der Waals surface area contributed by atoms with Crippen LogP contribution in [0, 0.1) is 0 Å². The number of rotatable bonds is 10. The van der Waals surface area contributed by atoms with Crippen LogP contribution < -0.4 is 0 Å². The molecule has 1 N–H and O–H groups in total. The van der Waals surface area contributed by atoms with Gasteiger partial charge in [0.15, 0.2) is 0 Å². The summed E-state index contributed by atoms with van der Waals surface area (Å²) in [6.45, 7) is 11.7. The molecule has 0 aromatic heterocycles. The van der Waals surface area contributed by atoms with Gasteiger partial charge >= 0.3 is 6.09 Å². The summed E-state index contributed by atoms with van der Waals surface area (Å²) in [7, 11) is 0. The number of aliphatic hydroxyl groups excluding tert-OH is 1. The molecule has 1 aliphatic heterocycles. The lowest BCUT2D eigenvalue weighted by Gasteiger charge is -2.36. The van der Waals surface area contributed by atoms with E-state index in [4.69, 9.17) is 9.47 Å². The average Bonchev–Trinajstić information content (AvgIpc) is 2.87. The second-order valence-electron chi connectivity index (χ2n) is 9.00. The van der Waals surface area contributed by atoms with E-state index < -0.39 is 29.6 Å². The fraction of sp³-hybridized carbons (Fsp3) is 0.864. The van der Waals surface area contributed by atoms with E-state index in [1.54, 1.807) is 6.08 Å². The third-order valence-electron chi connectivity index (χ3n) is 4.81. The summed E-state index contributed by atoms with van der Waals surface area (Å²) in [5.41, 5.74) is -1.38. The number of amides is 1. The van der Waals surface area contributed by atoms with Crippen LogP contribution in [0.4, 0.5) is 4.79 Å². The second-order valence-corrected chi connectivity index (χ2v) is 9.00. The molecule has 0 aliphatic carbocycles. The van der Waals surface area contributed by atoms with Gasteiger partial charge < -0.3 is 14.6 Å². The van der Waals surface area contributed by atoms with Crippen LogP contribution in [-0.2, 0) is 9.47 Å². The van der Waals surface area contributed by atoms with Gasteiger partial charge in [-0.25, -0.2) is 4.79 Å². The van der Waals surface area contributed by atoms with Gasteiger partial charge in [-0.05, 0) is 47.5 Å². The molecule has 1 fully saturated rings. The van der Waals surface area contributed by atoms with Gasteiger partial charge in [0, 0.05) is 0 Å². The van der Waals surface area contributed by atoms with Gasteiger partial charge in [-0.15, -0.1) is 0 Å². The zero-order valence-corrected chi connectivity index (χ0v) is 18.3. The first kappa shape index (κ1) is 24.0. The van der Waals surface area contributed by atoms with Crippen molar-refractivity contribution in [3.8, 4) is 0 Å². The molecule has 27 heavy (non-hydrogen) atoms. The van der Waals surface area contributed by atoms with Crippen LogP contribution in [0.2, 0.25) is 0 Å². The van der Waals surface area contributed by atoms with Crippen molar-refractivity contribution in [1.82, 2.24) is 4.90 Å². The van der Waals surface area contributed by atoms with E-state index in [0.29, 0.717) is 6.61 Å². The molecule has 2 atom stereocenters. The molecule has 5 heteroatoms. The first-order chi connectivity index (χ1) is 12.6. The minimum absolute atomic E-state index is 0.301. The number of carbonyl (C=O) groups is 1. The Morgan fingerprint density at radius 2 is 1.81 bits per heavy atom. The van der Waals surface area contributed by atoms with E-state index in [0.717, 1.165) is 12.8 Å². The van der Waals surface area contributed by atoms with Crippen molar-refractivity contribution in [2.24, 2.45) is 0 Å². The van der Waals surface area contributed by atoms with E-state index in [-0.39, 0.29) is 0 Å². The molecule has 0 spiro atoms. The third kappa shape index (κ3) is 8.65. The van der Waals surface area contributed by atoms with Crippen LogP contribution in [0.3, 0.4) is 0 Å². The molecule has 2 unspecified atom stereocenters. The third-order valence-corrected chi connectivity index (χ3v) is 4.81. The summed E-state index contributed by atoms with van der Waals surface area (Å²) in [5, 5.41) is 10.6. The molecule has 0 bridgehead atoms. The van der Waals surface area contributed by atoms with E-state index in [9.17, 15) is 9.90 Å². The van der Waals surface area contributed by atoms with Crippen molar-refractivity contribution >= 4 is 6.09 Å². The van der Waals surface area contributed by atoms with Crippen LogP contribution in [0.1, 0.15) is 92.9 Å². The van der Waals surface area contributed by atoms with Gasteiger partial charge in [0.2, 0.25) is 0 Å². The summed E-state index contributed by atoms with van der Waals surface area (Å²) < 4.78 is 11.3. The van der Waals surface area contributed by atoms with Crippen LogP contribution in [-0.4, -0.2) is 46.2 Å². The van der Waals surface area contributed by atoms with Crippen LogP contribution >= 0.6 is 0 Å². The minimum atomic E-state index is -0.791. The molecular weight excluding hydrogens is 342 g/mol. The summed E-state index contributed by atoms with van der Waals surface area (Å²) in [6.07, 6.45) is 12.5. The highest BCUT2D eigenvalue weighted by Gasteiger charge is 2.47. The summed E-state index contributed by atoms with van der Waals surface area (Å²) in [5.74, 6) is 0. The quantitative estimate of drug-likeness (QED) is 0.404. The molecule has 158 valence electrons. The number of hydrogen-bond acceptors (Lipinski definition) is 4. The fourth-order valence-electron chi connectivity index (χ4n) is 3.33. The normalized spacial score (nSPS) is 21.0. The van der Waals surface area contributed by atoms with Gasteiger partial charge in [-0.2, -0.15) is 0 Å². The van der Waals surface area contributed by atoms with Gasteiger partial charge in [0.25, 0.3) is 0 Å². The van der Waals surface area contributed by atoms with Crippen LogP contribution in [0.15, 0.2) is 12.2 Å². The molecule has 0 radical (unpaired) electrons. The fourth-order valence-corrected chi connectivity index (χ4v) is 3.33. The number of unbranched alkanes of at least 4 members (excludes halogenated alkanes) is 7. The Bertz CT molecular complexity index is 467. The van der Waals surface area contributed by atoms with Crippen LogP contribution in [0.5, 0.6) is 0 Å². The Kier molecular flexibility index (Phi) is 9.82. The molecule has 5 nitrogen and oxygen atoms in total. The monoisotopic (exact) mass is 383 g/mol. The number of aliphatic hydroxyl groups is 1. The van der Waals surface area contributed by atoms with Crippen LogP contribution in [0.25, 0.3) is 0 Å². The lowest BCUT2D eigenvalue weighted by atomic mass is 10.1. The highest BCUT2D eigenvalue weighted by molar-refractivity contribution is 5.70. The Morgan fingerprint density at radius 3 is 2.41 bits per heavy atom. The zero-order chi connectivity index (χ0) is 20.5. The van der Waals surface area contributed by atoms with E-state index >= 15 is 0 Å². The number of hydrogen-bond donors (Lipinski definition) is 1. The molecular formula is C22H41NO4. The van der Waals surface area contributed by atoms with Gasteiger partial charge in [-0.1, -0.05) is 57.6 Å². The van der Waals surface area contributed by atoms with Crippen molar-refractivity contribution in [2.75, 3.05) is 6.61 Å². The molecule has 0 saturated carbocycles. The van der Waals surface area contributed by atoms with Crippen molar-refractivity contribution in [3.63, 3.8) is 0 Å². The predicted octanol–water partition coefficient (Wildman–Crippen LogP) is 5.42. The zero-order valence-electron chi connectivity index (χ0n) is 18.3. The summed E-state index contributed by atoms with van der Waals surface area (Å²) >= 11 is 0. The number of allylic oxidation sites excluding steroid dienone is 1. The topological polar surface area (TPSA) is 59.0 Å². The van der Waals surface area contributed by atoms with Gasteiger partial charge in [0.1, 0.15) is 11.3 Å². The molecule has 1 aliphatic rings. The molecule has 0 aromatic carbocycles. The molecule has 1 saturated heterocycles. The largest absolute Gasteiger partial charge is 0.444 e. The maximum absolute atomic E-state index is 12.6. The van der Waals surface area contributed by atoms with Crippen molar-refractivity contribution in [1.29, 1.82) is 0 Å². The standard InChI is InChI=1S/C22H41NO4/c1-7-8-9-10-11-12-13-14-15-16-19(24)18-17-26-22(5,6)23(18)20(25)27-21(2,3)4/h15-16,18-19,24H,7-14,17H2,1-6H3/b16-15+. The summed E-state index contributed by atoms with van der Waals surface area (Å²) in [6, 6.07) is -0.430. The molecule has 1 amide bonds. The maximum atomic E-state index is 12.6. The minimum Gasteiger partial charge on any atom is -0.444 e. The Labute approximate surface area is 166 Å². The smallest absolute Gasteiger partial charge is 0.413 e. The second kappa shape index (κ2) is 11.1. The Hall–Kier alpha value is -1.07. The highest BCUT2D eigenvalue weighted by Crippen LogP contribution is 2.31. The predicted molar refractivity (Wildman–Crippen MR) is 110 cm³/mol. The summed E-state index contributed by atoms with van der Waals surface area (Å²) in [4.78, 5) is 14.1. The number of nitrogens with zero attached hydrogens (tertiary/aromatic N) is 1. The molecule has 0 aromatic rings. The van der Waals surface area contributed by atoms with Crippen molar-refractivity contribution < 1.29 is 19.4 Å². The SMILES string of the molecule is CCCCCCCCC/C=C/C(O)C1COC(C)(C)N1C(=O)OC(C)(C)C. The lowest BCUT2D eigenvalue weighted by Crippen LogP contribution is -2.53. The van der Waals surface area contributed by atoms with E-state index in [2.05, 4.69) is 6.92 Å². The van der Waals surface area contributed by atoms with E-state index in [1.807, 2.05) is 40.7 Å². The van der Waals surface area contributed by atoms with Gasteiger partial charge in [-0.3, -0.25) is 4.90 Å². The Balaban J connectivity index is 2.47. The first-order valence-corrected chi connectivity index (χ1v) is 10.6. The average molecular weight is 384 g/mol. The van der Waals surface area contributed by atoms with Gasteiger partial charge in [0.05, 0.1) is 18.8 Å². The Morgan fingerprint density at radius 1 is 1.22 bits per heavy atom. The molecule has 1 rings (SSSR count). The maximum Gasteiger partial charge on any atom is 0.413 e. The van der Waals surface area contributed by atoms with Crippen molar-refractivity contribution in [2.45, 2.75) is 116 Å². The van der Waals surface area contributed by atoms with Crippen molar-refractivity contribution in [3.05, 3.63) is 12.2 Å².